The number of hydrogen-bond donors (Lipinski definition) is 1. The summed E-state index contributed by atoms with van der Waals surface area (Å²) >= 11 is 11.4. The predicted octanol–water partition coefficient (Wildman–Crippen LogP) is 2.78. The number of nitrogen functional groups attached to an aromatic ring is 1. The summed E-state index contributed by atoms with van der Waals surface area (Å²) in [5.41, 5.74) is 6.29. The van der Waals surface area contributed by atoms with Crippen molar-refractivity contribution in [2.75, 3.05) is 5.73 Å². The third-order valence-electron chi connectivity index (χ3n) is 1.47. The largest absolute Gasteiger partial charge is 0.398 e. The van der Waals surface area contributed by atoms with Crippen LogP contribution < -0.4 is 5.73 Å². The zero-order valence-electron chi connectivity index (χ0n) is 6.40. The molecule has 0 aliphatic rings. The van der Waals surface area contributed by atoms with E-state index < -0.39 is 0 Å². The van der Waals surface area contributed by atoms with Crippen LogP contribution in [0, 0.1) is 0 Å². The van der Waals surface area contributed by atoms with Crippen molar-refractivity contribution in [3.8, 4) is 0 Å². The van der Waals surface area contributed by atoms with Gasteiger partial charge in [-0.05, 0) is 19.1 Å². The Morgan fingerprint density at radius 2 is 1.83 bits per heavy atom. The molecule has 1 aromatic rings. The fourth-order valence-corrected chi connectivity index (χ4v) is 1.20. The molecule has 2 nitrogen and oxygen atoms in total. The lowest BCUT2D eigenvalue weighted by molar-refractivity contribution is 0.101. The number of Topliss-reactive ketones (excluding diaryl/α,β-unsaturated/α-hetero) is 1. The Labute approximate surface area is 80.3 Å². The van der Waals surface area contributed by atoms with Gasteiger partial charge in [-0.2, -0.15) is 0 Å². The first-order valence-electron chi connectivity index (χ1n) is 3.28. The lowest BCUT2D eigenvalue weighted by atomic mass is 10.1. The van der Waals surface area contributed by atoms with E-state index in [-0.39, 0.29) is 5.78 Å². The number of hydrogen-bond acceptors (Lipinski definition) is 2. The summed E-state index contributed by atoms with van der Waals surface area (Å²) in [6.07, 6.45) is 0. The van der Waals surface area contributed by atoms with Gasteiger partial charge in [-0.25, -0.2) is 0 Å². The molecule has 0 heterocycles. The van der Waals surface area contributed by atoms with Gasteiger partial charge in [0, 0.05) is 11.3 Å². The van der Waals surface area contributed by atoms with Crippen molar-refractivity contribution in [1.29, 1.82) is 0 Å². The Kier molecular flexibility index (Phi) is 2.60. The first kappa shape index (κ1) is 9.36. The average Bonchev–Trinajstić information content (AvgIpc) is 1.96. The van der Waals surface area contributed by atoms with Gasteiger partial charge < -0.3 is 5.73 Å². The maximum atomic E-state index is 10.9. The molecule has 0 saturated carbocycles. The monoisotopic (exact) mass is 203 g/mol. The molecular weight excluding hydrogens is 197 g/mol. The van der Waals surface area contributed by atoms with Crippen LogP contribution in [0.25, 0.3) is 0 Å². The molecular formula is C8H7Cl2NO. The van der Waals surface area contributed by atoms with Crippen LogP contribution in [-0.4, -0.2) is 5.78 Å². The van der Waals surface area contributed by atoms with Crippen LogP contribution in [0.15, 0.2) is 12.1 Å². The second-order valence-electron chi connectivity index (χ2n) is 2.41. The molecule has 0 atom stereocenters. The standard InChI is InChI=1S/C8H7Cl2NO/c1-4(12)5-2-6(9)7(10)3-8(5)11/h2-3H,11H2,1H3. The van der Waals surface area contributed by atoms with Gasteiger partial charge in [0.25, 0.3) is 0 Å². The highest BCUT2D eigenvalue weighted by atomic mass is 35.5. The molecule has 2 N–H and O–H groups in total. The van der Waals surface area contributed by atoms with E-state index in [4.69, 9.17) is 28.9 Å². The predicted molar refractivity (Wildman–Crippen MR) is 50.9 cm³/mol. The first-order valence-corrected chi connectivity index (χ1v) is 4.03. The minimum atomic E-state index is -0.119. The van der Waals surface area contributed by atoms with Gasteiger partial charge >= 0.3 is 0 Å². The van der Waals surface area contributed by atoms with Gasteiger partial charge in [0.2, 0.25) is 0 Å². The van der Waals surface area contributed by atoms with Crippen LogP contribution in [0.1, 0.15) is 17.3 Å². The number of ketones is 1. The smallest absolute Gasteiger partial charge is 0.161 e. The van der Waals surface area contributed by atoms with E-state index >= 15 is 0 Å². The molecule has 0 saturated heterocycles. The van der Waals surface area contributed by atoms with Gasteiger partial charge in [0.05, 0.1) is 10.0 Å². The highest BCUT2D eigenvalue weighted by molar-refractivity contribution is 6.42. The number of nitrogens with two attached hydrogens (primary N) is 1. The zero-order valence-corrected chi connectivity index (χ0v) is 7.91. The topological polar surface area (TPSA) is 43.1 Å². The number of halogens is 2. The molecule has 0 aliphatic carbocycles. The molecule has 0 bridgehead atoms. The summed E-state index contributed by atoms with van der Waals surface area (Å²) in [5.74, 6) is -0.119. The van der Waals surface area contributed by atoms with Crippen molar-refractivity contribution in [2.24, 2.45) is 0 Å². The first-order chi connectivity index (χ1) is 5.52. The lowest BCUT2D eigenvalue weighted by Crippen LogP contribution is -1.99. The van der Waals surface area contributed by atoms with Gasteiger partial charge in [0.1, 0.15) is 0 Å². The number of carbonyl (C=O) groups excluding carboxylic acids is 1. The van der Waals surface area contributed by atoms with Crippen LogP contribution in [-0.2, 0) is 0 Å². The SMILES string of the molecule is CC(=O)c1cc(Cl)c(Cl)cc1N. The Morgan fingerprint density at radius 1 is 1.33 bits per heavy atom. The number of rotatable bonds is 1. The normalized spacial score (nSPS) is 9.92. The van der Waals surface area contributed by atoms with Crippen LogP contribution in [0.5, 0.6) is 0 Å². The van der Waals surface area contributed by atoms with E-state index in [1.54, 1.807) is 0 Å². The molecule has 64 valence electrons. The molecule has 4 heteroatoms. The average molecular weight is 204 g/mol. The second kappa shape index (κ2) is 3.33. The van der Waals surface area contributed by atoms with E-state index in [1.165, 1.54) is 19.1 Å². The fraction of sp³-hybridized carbons (Fsp3) is 0.125. The molecule has 12 heavy (non-hydrogen) atoms. The van der Waals surface area contributed by atoms with Crippen LogP contribution in [0.3, 0.4) is 0 Å². The van der Waals surface area contributed by atoms with Crippen molar-refractivity contribution in [3.63, 3.8) is 0 Å². The summed E-state index contributed by atoms with van der Waals surface area (Å²) in [6, 6.07) is 2.95. The number of anilines is 1. The summed E-state index contributed by atoms with van der Waals surface area (Å²) in [4.78, 5) is 10.9. The van der Waals surface area contributed by atoms with Gasteiger partial charge in [-0.15, -0.1) is 0 Å². The molecule has 0 spiro atoms. The van der Waals surface area contributed by atoms with E-state index in [9.17, 15) is 4.79 Å². The highest BCUT2D eigenvalue weighted by Gasteiger charge is 2.07. The minimum Gasteiger partial charge on any atom is -0.398 e. The van der Waals surface area contributed by atoms with Crippen molar-refractivity contribution < 1.29 is 4.79 Å². The van der Waals surface area contributed by atoms with Gasteiger partial charge in [-0.3, -0.25) is 4.79 Å². The summed E-state index contributed by atoms with van der Waals surface area (Å²) < 4.78 is 0. The summed E-state index contributed by atoms with van der Waals surface area (Å²) in [7, 11) is 0. The molecule has 0 fully saturated rings. The summed E-state index contributed by atoms with van der Waals surface area (Å²) in [6.45, 7) is 1.43. The maximum absolute atomic E-state index is 10.9. The highest BCUT2D eigenvalue weighted by Crippen LogP contribution is 2.27. The molecule has 1 aromatic carbocycles. The van der Waals surface area contributed by atoms with Crippen molar-refractivity contribution in [3.05, 3.63) is 27.7 Å². The minimum absolute atomic E-state index is 0.119. The lowest BCUT2D eigenvalue weighted by Gasteiger charge is -2.03. The Morgan fingerprint density at radius 3 is 2.33 bits per heavy atom. The molecule has 0 radical (unpaired) electrons. The van der Waals surface area contributed by atoms with Crippen LogP contribution >= 0.6 is 23.2 Å². The molecule has 1 rings (SSSR count). The number of benzene rings is 1. The van der Waals surface area contributed by atoms with E-state index in [1.807, 2.05) is 0 Å². The molecule has 0 aromatic heterocycles. The fourth-order valence-electron chi connectivity index (χ4n) is 0.867. The van der Waals surface area contributed by atoms with E-state index in [0.29, 0.717) is 21.3 Å². The van der Waals surface area contributed by atoms with Crippen molar-refractivity contribution in [2.45, 2.75) is 6.92 Å². The maximum Gasteiger partial charge on any atom is 0.161 e. The quantitative estimate of drug-likeness (QED) is 0.564. The molecule has 0 aliphatic heterocycles. The second-order valence-corrected chi connectivity index (χ2v) is 3.22. The van der Waals surface area contributed by atoms with Crippen molar-refractivity contribution in [1.82, 2.24) is 0 Å². The molecule has 0 unspecified atom stereocenters. The van der Waals surface area contributed by atoms with E-state index in [0.717, 1.165) is 0 Å². The summed E-state index contributed by atoms with van der Waals surface area (Å²) in [5, 5.41) is 0.704. The third-order valence-corrected chi connectivity index (χ3v) is 2.19. The Bertz CT molecular complexity index is 336. The number of carbonyl (C=O) groups is 1. The van der Waals surface area contributed by atoms with E-state index in [2.05, 4.69) is 0 Å². The zero-order chi connectivity index (χ0) is 9.30. The Balaban J connectivity index is 3.33. The van der Waals surface area contributed by atoms with Gasteiger partial charge in [-0.1, -0.05) is 23.2 Å². The van der Waals surface area contributed by atoms with Crippen molar-refractivity contribution >= 4 is 34.7 Å². The van der Waals surface area contributed by atoms with Gasteiger partial charge in [0.15, 0.2) is 5.78 Å². The Hall–Kier alpha value is -0.730. The van der Waals surface area contributed by atoms with Crippen LogP contribution in [0.4, 0.5) is 5.69 Å². The van der Waals surface area contributed by atoms with Crippen LogP contribution in [0.2, 0.25) is 10.0 Å². The molecule has 0 amide bonds. The third kappa shape index (κ3) is 1.71.